The van der Waals surface area contributed by atoms with Gasteiger partial charge in [-0.2, -0.15) is 5.10 Å². The summed E-state index contributed by atoms with van der Waals surface area (Å²) >= 11 is 0. The van der Waals surface area contributed by atoms with Crippen molar-refractivity contribution in [3.05, 3.63) is 77.4 Å². The Bertz CT molecular complexity index is 918. The monoisotopic (exact) mass is 367 g/mol. The molecule has 140 valence electrons. The molecule has 0 aliphatic rings. The fourth-order valence-corrected chi connectivity index (χ4v) is 2.99. The molecule has 0 aliphatic carbocycles. The number of benzene rings is 2. The van der Waals surface area contributed by atoms with Gasteiger partial charge in [0.15, 0.2) is 0 Å². The summed E-state index contributed by atoms with van der Waals surface area (Å²) in [6.07, 6.45) is 2.02. The third kappa shape index (κ3) is 4.34. The van der Waals surface area contributed by atoms with Crippen molar-refractivity contribution in [3.8, 4) is 11.4 Å². The summed E-state index contributed by atoms with van der Waals surface area (Å²) < 4.78 is 20.0. The lowest BCUT2D eigenvalue weighted by molar-refractivity contribution is -0.121. The first-order valence-electron chi connectivity index (χ1n) is 8.70. The normalized spacial score (nSPS) is 11.9. The molecule has 5 nitrogen and oxygen atoms in total. The molecule has 0 saturated carbocycles. The summed E-state index contributed by atoms with van der Waals surface area (Å²) in [4.78, 5) is 12.4. The zero-order chi connectivity index (χ0) is 19.4. The average molecular weight is 367 g/mol. The zero-order valence-electron chi connectivity index (χ0n) is 15.6. The highest BCUT2D eigenvalue weighted by Crippen LogP contribution is 2.20. The van der Waals surface area contributed by atoms with Crippen molar-refractivity contribution < 1.29 is 13.9 Å². The van der Waals surface area contributed by atoms with Gasteiger partial charge in [0.2, 0.25) is 5.91 Å². The maximum atomic E-state index is 13.1. The second-order valence-corrected chi connectivity index (χ2v) is 6.39. The van der Waals surface area contributed by atoms with Gasteiger partial charge in [-0.1, -0.05) is 12.1 Å². The molecule has 1 unspecified atom stereocenters. The first-order valence-corrected chi connectivity index (χ1v) is 8.70. The van der Waals surface area contributed by atoms with Crippen molar-refractivity contribution >= 4 is 5.91 Å². The van der Waals surface area contributed by atoms with E-state index in [9.17, 15) is 9.18 Å². The summed E-state index contributed by atoms with van der Waals surface area (Å²) in [5.41, 5.74) is 3.51. The molecule has 0 aliphatic heterocycles. The second-order valence-electron chi connectivity index (χ2n) is 6.39. The summed E-state index contributed by atoms with van der Waals surface area (Å²) in [5, 5.41) is 7.38. The molecule has 1 N–H and O–H groups in total. The number of amides is 1. The molecule has 3 aromatic rings. The van der Waals surface area contributed by atoms with E-state index in [1.54, 1.807) is 30.1 Å². The number of nitrogens with zero attached hydrogens (tertiary/aromatic N) is 2. The molecule has 1 aromatic heterocycles. The number of carbonyl (C=O) groups excluding carboxylic acids is 1. The first-order chi connectivity index (χ1) is 13.0. The van der Waals surface area contributed by atoms with E-state index in [4.69, 9.17) is 4.74 Å². The van der Waals surface area contributed by atoms with Crippen LogP contribution >= 0.6 is 0 Å². The molecule has 1 atom stereocenters. The summed E-state index contributed by atoms with van der Waals surface area (Å²) in [5.74, 6) is 0.404. The van der Waals surface area contributed by atoms with Crippen LogP contribution in [-0.2, 0) is 11.2 Å². The smallest absolute Gasteiger partial charge is 0.224 e. The third-order valence-corrected chi connectivity index (χ3v) is 4.49. The Morgan fingerprint density at radius 3 is 2.48 bits per heavy atom. The van der Waals surface area contributed by atoms with E-state index < -0.39 is 0 Å². The lowest BCUT2D eigenvalue weighted by Crippen LogP contribution is -2.28. The van der Waals surface area contributed by atoms with E-state index in [2.05, 4.69) is 10.4 Å². The Labute approximate surface area is 157 Å². The van der Waals surface area contributed by atoms with Crippen LogP contribution in [0.5, 0.6) is 5.75 Å². The molecule has 6 heteroatoms. The summed E-state index contributed by atoms with van der Waals surface area (Å²) in [6, 6.07) is 13.4. The Morgan fingerprint density at radius 2 is 1.85 bits per heavy atom. The Morgan fingerprint density at radius 1 is 1.19 bits per heavy atom. The molecular formula is C21H22FN3O2. The quantitative estimate of drug-likeness (QED) is 0.722. The topological polar surface area (TPSA) is 56.1 Å². The maximum Gasteiger partial charge on any atom is 0.224 e. The molecule has 2 aromatic carbocycles. The number of ether oxygens (including phenoxy) is 1. The van der Waals surface area contributed by atoms with Crippen LogP contribution in [0.15, 0.2) is 54.7 Å². The molecule has 1 amide bonds. The molecule has 0 bridgehead atoms. The fraction of sp³-hybridized carbons (Fsp3) is 0.238. The number of halogens is 1. The lowest BCUT2D eigenvalue weighted by Gasteiger charge is -2.14. The van der Waals surface area contributed by atoms with Gasteiger partial charge < -0.3 is 10.1 Å². The number of hydrogen-bond acceptors (Lipinski definition) is 3. The van der Waals surface area contributed by atoms with Crippen LogP contribution < -0.4 is 10.1 Å². The highest BCUT2D eigenvalue weighted by atomic mass is 19.1. The second kappa shape index (κ2) is 8.03. The van der Waals surface area contributed by atoms with Crippen LogP contribution in [0.25, 0.3) is 5.69 Å². The van der Waals surface area contributed by atoms with E-state index in [-0.39, 0.29) is 17.8 Å². The van der Waals surface area contributed by atoms with Gasteiger partial charge in [0.05, 0.1) is 31.5 Å². The molecule has 0 radical (unpaired) electrons. The fourth-order valence-electron chi connectivity index (χ4n) is 2.99. The number of aromatic nitrogens is 2. The SMILES string of the molecule is COc1ccc(CC(=O)NC(C)c2cnn(-c3ccc(F)cc3)c2C)cc1. The predicted molar refractivity (Wildman–Crippen MR) is 102 cm³/mol. The van der Waals surface area contributed by atoms with E-state index in [0.29, 0.717) is 6.42 Å². The molecule has 1 heterocycles. The van der Waals surface area contributed by atoms with Crippen LogP contribution in [0.3, 0.4) is 0 Å². The number of nitrogens with one attached hydrogen (secondary N) is 1. The van der Waals surface area contributed by atoms with Gasteiger partial charge >= 0.3 is 0 Å². The Hall–Kier alpha value is -3.15. The minimum absolute atomic E-state index is 0.0680. The first kappa shape index (κ1) is 18.6. The third-order valence-electron chi connectivity index (χ3n) is 4.49. The summed E-state index contributed by atoms with van der Waals surface area (Å²) in [7, 11) is 1.61. The van der Waals surface area contributed by atoms with Crippen LogP contribution in [0, 0.1) is 12.7 Å². The van der Waals surface area contributed by atoms with Crippen molar-refractivity contribution in [1.82, 2.24) is 15.1 Å². The van der Waals surface area contributed by atoms with Crippen molar-refractivity contribution in [2.75, 3.05) is 7.11 Å². The minimum Gasteiger partial charge on any atom is -0.497 e. The molecular weight excluding hydrogens is 345 g/mol. The van der Waals surface area contributed by atoms with E-state index in [0.717, 1.165) is 28.3 Å². The number of methoxy groups -OCH3 is 1. The van der Waals surface area contributed by atoms with Gasteiger partial charge in [-0.3, -0.25) is 4.79 Å². The average Bonchev–Trinajstić information content (AvgIpc) is 3.04. The Kier molecular flexibility index (Phi) is 5.54. The summed E-state index contributed by atoms with van der Waals surface area (Å²) in [6.45, 7) is 3.85. The van der Waals surface area contributed by atoms with Crippen molar-refractivity contribution in [1.29, 1.82) is 0 Å². The maximum absolute atomic E-state index is 13.1. The van der Waals surface area contributed by atoms with Gasteiger partial charge in [-0.25, -0.2) is 9.07 Å². The molecule has 0 spiro atoms. The molecule has 27 heavy (non-hydrogen) atoms. The Balaban J connectivity index is 1.67. The molecule has 3 rings (SSSR count). The highest BCUT2D eigenvalue weighted by Gasteiger charge is 2.16. The van der Waals surface area contributed by atoms with Gasteiger partial charge in [0, 0.05) is 11.3 Å². The van der Waals surface area contributed by atoms with Crippen molar-refractivity contribution in [3.63, 3.8) is 0 Å². The molecule has 0 saturated heterocycles. The number of carbonyl (C=O) groups is 1. The predicted octanol–water partition coefficient (Wildman–Crippen LogP) is 3.75. The van der Waals surface area contributed by atoms with Crippen molar-refractivity contribution in [2.24, 2.45) is 0 Å². The van der Waals surface area contributed by atoms with Crippen LogP contribution in [0.1, 0.15) is 29.8 Å². The standard InChI is InChI=1S/C21H22FN3O2/c1-14(24-21(26)12-16-4-10-19(27-3)11-5-16)20-13-23-25(15(20)2)18-8-6-17(22)7-9-18/h4-11,13-14H,12H2,1-3H3,(H,24,26). The lowest BCUT2D eigenvalue weighted by atomic mass is 10.1. The van der Waals surface area contributed by atoms with Gasteiger partial charge in [-0.15, -0.1) is 0 Å². The van der Waals surface area contributed by atoms with E-state index in [1.165, 1.54) is 12.1 Å². The van der Waals surface area contributed by atoms with Crippen molar-refractivity contribution in [2.45, 2.75) is 26.3 Å². The van der Waals surface area contributed by atoms with Crippen LogP contribution in [-0.4, -0.2) is 22.8 Å². The van der Waals surface area contributed by atoms with Crippen LogP contribution in [0.4, 0.5) is 4.39 Å². The number of rotatable bonds is 6. The van der Waals surface area contributed by atoms with E-state index >= 15 is 0 Å². The van der Waals surface area contributed by atoms with E-state index in [1.807, 2.05) is 38.1 Å². The highest BCUT2D eigenvalue weighted by molar-refractivity contribution is 5.79. The molecule has 0 fully saturated rings. The largest absolute Gasteiger partial charge is 0.497 e. The number of hydrogen-bond donors (Lipinski definition) is 1. The van der Waals surface area contributed by atoms with Gasteiger partial charge in [0.25, 0.3) is 0 Å². The zero-order valence-corrected chi connectivity index (χ0v) is 15.6. The minimum atomic E-state index is -0.289. The van der Waals surface area contributed by atoms with Crippen LogP contribution in [0.2, 0.25) is 0 Å². The van der Waals surface area contributed by atoms with Gasteiger partial charge in [0.1, 0.15) is 11.6 Å². The van der Waals surface area contributed by atoms with Gasteiger partial charge in [-0.05, 0) is 55.8 Å².